The average Bonchev–Trinajstić information content (AvgIpc) is 2.82. The smallest absolute Gasteiger partial charge is 0.139 e. The van der Waals surface area contributed by atoms with Gasteiger partial charge in [-0.1, -0.05) is 6.92 Å². The lowest BCUT2D eigenvalue weighted by Crippen LogP contribution is -2.53. The molecule has 4 fully saturated rings. The Labute approximate surface area is 120 Å². The lowest BCUT2D eigenvalue weighted by atomic mass is 9.44. The van der Waals surface area contributed by atoms with Crippen LogP contribution in [0, 0.1) is 17.3 Å². The predicted molar refractivity (Wildman–Crippen MR) is 76.4 cm³/mol. The molecule has 4 heteroatoms. The Balaban J connectivity index is 1.69. The zero-order valence-corrected chi connectivity index (χ0v) is 12.6. The molecule has 2 unspecified atom stereocenters. The normalized spacial score (nSPS) is 42.3. The van der Waals surface area contributed by atoms with Crippen LogP contribution in [0.5, 0.6) is 0 Å². The molecule has 4 nitrogen and oxygen atoms in total. The van der Waals surface area contributed by atoms with E-state index in [-0.39, 0.29) is 0 Å². The standard InChI is InChI=1S/C16H25N3O/c1-15-6-12-5-13(7-15)9-16(8-12,10-15)14-18-17-11-19(14)3-4-20-2/h11-13H,3-10H2,1-2H3. The van der Waals surface area contributed by atoms with Crippen LogP contribution < -0.4 is 0 Å². The van der Waals surface area contributed by atoms with Crippen molar-refractivity contribution in [2.24, 2.45) is 17.3 Å². The fourth-order valence-electron chi connectivity index (χ4n) is 6.00. The lowest BCUT2D eigenvalue weighted by molar-refractivity contribution is -0.0662. The van der Waals surface area contributed by atoms with Crippen molar-refractivity contribution in [3.05, 3.63) is 12.2 Å². The first kappa shape index (κ1) is 12.8. The molecule has 5 rings (SSSR count). The molecule has 1 heterocycles. The molecule has 0 aromatic carbocycles. The van der Waals surface area contributed by atoms with Gasteiger partial charge in [0.15, 0.2) is 0 Å². The van der Waals surface area contributed by atoms with Crippen molar-refractivity contribution in [1.82, 2.24) is 14.8 Å². The molecule has 0 aliphatic heterocycles. The highest BCUT2D eigenvalue weighted by Crippen LogP contribution is 2.65. The summed E-state index contributed by atoms with van der Waals surface area (Å²) in [5, 5.41) is 8.76. The van der Waals surface area contributed by atoms with E-state index in [9.17, 15) is 0 Å². The molecule has 4 bridgehead atoms. The van der Waals surface area contributed by atoms with E-state index in [4.69, 9.17) is 4.74 Å². The highest BCUT2D eigenvalue weighted by atomic mass is 16.5. The number of hydrogen-bond acceptors (Lipinski definition) is 3. The van der Waals surface area contributed by atoms with Crippen molar-refractivity contribution < 1.29 is 4.74 Å². The van der Waals surface area contributed by atoms with E-state index in [1.807, 2.05) is 6.33 Å². The third-order valence-electron chi connectivity index (χ3n) is 5.98. The van der Waals surface area contributed by atoms with Crippen molar-refractivity contribution >= 4 is 0 Å². The van der Waals surface area contributed by atoms with Gasteiger partial charge in [-0.3, -0.25) is 0 Å². The minimum Gasteiger partial charge on any atom is -0.383 e. The maximum absolute atomic E-state index is 5.23. The highest BCUT2D eigenvalue weighted by molar-refractivity contribution is 5.19. The molecule has 4 saturated carbocycles. The summed E-state index contributed by atoms with van der Waals surface area (Å²) in [5.41, 5.74) is 0.866. The molecule has 0 spiro atoms. The molecule has 4 aliphatic rings. The van der Waals surface area contributed by atoms with Crippen LogP contribution in [-0.4, -0.2) is 28.5 Å². The molecule has 0 radical (unpaired) electrons. The maximum atomic E-state index is 5.23. The molecule has 1 aromatic heterocycles. The number of methoxy groups -OCH3 is 1. The summed E-state index contributed by atoms with van der Waals surface area (Å²) in [6.07, 6.45) is 10.2. The summed E-state index contributed by atoms with van der Waals surface area (Å²) >= 11 is 0. The summed E-state index contributed by atoms with van der Waals surface area (Å²) in [4.78, 5) is 0. The first-order valence-corrected chi connectivity index (χ1v) is 8.00. The summed E-state index contributed by atoms with van der Waals surface area (Å²) in [7, 11) is 1.76. The summed E-state index contributed by atoms with van der Waals surface area (Å²) in [6, 6.07) is 0. The highest BCUT2D eigenvalue weighted by Gasteiger charge is 2.57. The molecule has 0 N–H and O–H groups in total. The van der Waals surface area contributed by atoms with Gasteiger partial charge in [0, 0.05) is 19.1 Å². The van der Waals surface area contributed by atoms with Crippen LogP contribution in [0.25, 0.3) is 0 Å². The van der Waals surface area contributed by atoms with E-state index in [1.165, 1.54) is 44.3 Å². The lowest BCUT2D eigenvalue weighted by Gasteiger charge is -2.60. The quantitative estimate of drug-likeness (QED) is 0.848. The zero-order chi connectivity index (χ0) is 13.8. The second kappa shape index (κ2) is 4.30. The Hall–Kier alpha value is -0.900. The van der Waals surface area contributed by atoms with Gasteiger partial charge in [0.2, 0.25) is 0 Å². The van der Waals surface area contributed by atoms with Crippen LogP contribution in [0.1, 0.15) is 51.3 Å². The molecular formula is C16H25N3O. The first-order chi connectivity index (χ1) is 9.62. The molecular weight excluding hydrogens is 250 g/mol. The Bertz CT molecular complexity index is 496. The van der Waals surface area contributed by atoms with Gasteiger partial charge in [-0.2, -0.15) is 0 Å². The van der Waals surface area contributed by atoms with Gasteiger partial charge in [0.05, 0.1) is 6.61 Å². The van der Waals surface area contributed by atoms with Crippen LogP contribution in [0.2, 0.25) is 0 Å². The molecule has 20 heavy (non-hydrogen) atoms. The largest absolute Gasteiger partial charge is 0.383 e. The minimum atomic E-state index is 0.309. The number of ether oxygens (including phenoxy) is 1. The van der Waals surface area contributed by atoms with E-state index in [0.717, 1.165) is 25.0 Å². The second-order valence-electron chi connectivity index (χ2n) is 7.89. The van der Waals surface area contributed by atoms with Crippen molar-refractivity contribution in [2.75, 3.05) is 13.7 Å². The Morgan fingerprint density at radius 2 is 2.05 bits per heavy atom. The third-order valence-corrected chi connectivity index (χ3v) is 5.98. The molecule has 0 amide bonds. The number of aromatic nitrogens is 3. The SMILES string of the molecule is COCCn1cnnc1C12CC3CC(CC(C)(C3)C1)C2. The van der Waals surface area contributed by atoms with E-state index >= 15 is 0 Å². The molecule has 1 aromatic rings. The van der Waals surface area contributed by atoms with Crippen molar-refractivity contribution in [3.8, 4) is 0 Å². The molecule has 0 saturated heterocycles. The zero-order valence-electron chi connectivity index (χ0n) is 12.6. The molecule has 4 aliphatic carbocycles. The third kappa shape index (κ3) is 1.84. The first-order valence-electron chi connectivity index (χ1n) is 8.00. The summed E-state index contributed by atoms with van der Waals surface area (Å²) in [6.45, 7) is 4.13. The van der Waals surface area contributed by atoms with Crippen LogP contribution in [0.3, 0.4) is 0 Å². The van der Waals surface area contributed by atoms with Gasteiger partial charge in [-0.15, -0.1) is 10.2 Å². The predicted octanol–water partition coefficient (Wildman–Crippen LogP) is 2.78. The van der Waals surface area contributed by atoms with Crippen molar-refractivity contribution in [1.29, 1.82) is 0 Å². The van der Waals surface area contributed by atoms with Crippen LogP contribution in [-0.2, 0) is 16.7 Å². The van der Waals surface area contributed by atoms with Gasteiger partial charge in [-0.05, 0) is 55.8 Å². The van der Waals surface area contributed by atoms with Crippen molar-refractivity contribution in [2.45, 2.75) is 57.4 Å². The average molecular weight is 275 g/mol. The number of hydrogen-bond donors (Lipinski definition) is 0. The Morgan fingerprint density at radius 1 is 1.30 bits per heavy atom. The maximum Gasteiger partial charge on any atom is 0.139 e. The van der Waals surface area contributed by atoms with Crippen LogP contribution in [0.4, 0.5) is 0 Å². The second-order valence-corrected chi connectivity index (χ2v) is 7.89. The van der Waals surface area contributed by atoms with E-state index in [1.54, 1.807) is 7.11 Å². The Morgan fingerprint density at radius 3 is 2.70 bits per heavy atom. The number of nitrogens with zero attached hydrogens (tertiary/aromatic N) is 3. The van der Waals surface area contributed by atoms with Crippen molar-refractivity contribution in [3.63, 3.8) is 0 Å². The fraction of sp³-hybridized carbons (Fsp3) is 0.875. The topological polar surface area (TPSA) is 39.9 Å². The Kier molecular flexibility index (Phi) is 2.75. The molecule has 110 valence electrons. The number of rotatable bonds is 4. The van der Waals surface area contributed by atoms with Gasteiger partial charge in [0.25, 0.3) is 0 Å². The minimum absolute atomic E-state index is 0.309. The van der Waals surface area contributed by atoms with Gasteiger partial charge in [0.1, 0.15) is 12.2 Å². The van der Waals surface area contributed by atoms with Crippen LogP contribution >= 0.6 is 0 Å². The van der Waals surface area contributed by atoms with E-state index in [0.29, 0.717) is 10.8 Å². The fourth-order valence-corrected chi connectivity index (χ4v) is 6.00. The van der Waals surface area contributed by atoms with E-state index < -0.39 is 0 Å². The van der Waals surface area contributed by atoms with Crippen LogP contribution in [0.15, 0.2) is 6.33 Å². The summed E-state index contributed by atoms with van der Waals surface area (Å²) < 4.78 is 7.48. The van der Waals surface area contributed by atoms with Gasteiger partial charge < -0.3 is 9.30 Å². The van der Waals surface area contributed by atoms with E-state index in [2.05, 4.69) is 21.7 Å². The molecule has 2 atom stereocenters. The van der Waals surface area contributed by atoms with Gasteiger partial charge >= 0.3 is 0 Å². The monoisotopic (exact) mass is 275 g/mol. The summed E-state index contributed by atoms with van der Waals surface area (Å²) in [5.74, 6) is 3.09. The van der Waals surface area contributed by atoms with Gasteiger partial charge in [-0.25, -0.2) is 0 Å².